The molecule has 0 bridgehead atoms. The van der Waals surface area contributed by atoms with E-state index < -0.39 is 10.0 Å². The molecule has 1 aliphatic rings. The Bertz CT molecular complexity index is 860. The average Bonchev–Trinajstić information content (AvgIpc) is 3.14. The SMILES string of the molecule is Cc1cccc(NC(=O)[C@@H]2CCCN(S(=O)(=O)c3cccs3)C2)c1C. The van der Waals surface area contributed by atoms with Crippen molar-refractivity contribution in [2.24, 2.45) is 5.92 Å². The zero-order chi connectivity index (χ0) is 18.0. The van der Waals surface area contributed by atoms with Gasteiger partial charge in [0.2, 0.25) is 5.91 Å². The van der Waals surface area contributed by atoms with Gasteiger partial charge >= 0.3 is 0 Å². The molecule has 0 unspecified atom stereocenters. The van der Waals surface area contributed by atoms with Crippen LogP contribution in [0.4, 0.5) is 5.69 Å². The summed E-state index contributed by atoms with van der Waals surface area (Å²) in [6.07, 6.45) is 1.39. The zero-order valence-electron chi connectivity index (χ0n) is 14.4. The summed E-state index contributed by atoms with van der Waals surface area (Å²) in [4.78, 5) is 12.7. The van der Waals surface area contributed by atoms with Crippen LogP contribution in [0.5, 0.6) is 0 Å². The van der Waals surface area contributed by atoms with E-state index in [1.807, 2.05) is 32.0 Å². The van der Waals surface area contributed by atoms with Crippen molar-refractivity contribution in [1.82, 2.24) is 4.31 Å². The van der Waals surface area contributed by atoms with Gasteiger partial charge in [-0.15, -0.1) is 11.3 Å². The van der Waals surface area contributed by atoms with Crippen molar-refractivity contribution in [3.05, 3.63) is 46.8 Å². The lowest BCUT2D eigenvalue weighted by molar-refractivity contribution is -0.120. The molecule has 1 fully saturated rings. The molecule has 2 heterocycles. The quantitative estimate of drug-likeness (QED) is 0.887. The number of thiophene rings is 1. The Morgan fingerprint density at radius 3 is 2.76 bits per heavy atom. The lowest BCUT2D eigenvalue weighted by atomic mass is 9.98. The Kier molecular flexibility index (Phi) is 5.27. The molecule has 0 saturated carbocycles. The second-order valence-electron chi connectivity index (χ2n) is 6.37. The van der Waals surface area contributed by atoms with Crippen LogP contribution in [0.25, 0.3) is 0 Å². The molecule has 1 atom stereocenters. The van der Waals surface area contributed by atoms with E-state index in [1.165, 1.54) is 15.6 Å². The zero-order valence-corrected chi connectivity index (χ0v) is 16.0. The molecule has 3 rings (SSSR count). The monoisotopic (exact) mass is 378 g/mol. The Morgan fingerprint density at radius 2 is 2.04 bits per heavy atom. The van der Waals surface area contributed by atoms with E-state index in [0.29, 0.717) is 23.6 Å². The molecule has 1 saturated heterocycles. The number of nitrogens with zero attached hydrogens (tertiary/aromatic N) is 1. The summed E-state index contributed by atoms with van der Waals surface area (Å²) in [7, 11) is -3.50. The van der Waals surface area contributed by atoms with E-state index in [-0.39, 0.29) is 18.4 Å². The van der Waals surface area contributed by atoms with E-state index in [9.17, 15) is 13.2 Å². The molecule has 2 aromatic rings. The van der Waals surface area contributed by atoms with Crippen molar-refractivity contribution in [3.63, 3.8) is 0 Å². The van der Waals surface area contributed by atoms with Crippen LogP contribution in [0, 0.1) is 19.8 Å². The number of aryl methyl sites for hydroxylation is 1. The number of carbonyl (C=O) groups is 1. The maximum atomic E-state index is 12.7. The molecular formula is C18H22N2O3S2. The summed E-state index contributed by atoms with van der Waals surface area (Å²) in [5.41, 5.74) is 2.95. The van der Waals surface area contributed by atoms with Gasteiger partial charge in [-0.1, -0.05) is 18.2 Å². The molecular weight excluding hydrogens is 356 g/mol. The summed E-state index contributed by atoms with van der Waals surface area (Å²) in [5, 5.41) is 4.72. The number of carbonyl (C=O) groups excluding carboxylic acids is 1. The number of hydrogen-bond acceptors (Lipinski definition) is 4. The molecule has 25 heavy (non-hydrogen) atoms. The van der Waals surface area contributed by atoms with Crippen LogP contribution in [0.2, 0.25) is 0 Å². The van der Waals surface area contributed by atoms with Gasteiger partial charge in [-0.05, 0) is 55.3 Å². The summed E-state index contributed by atoms with van der Waals surface area (Å²) in [6.45, 7) is 4.67. The van der Waals surface area contributed by atoms with Crippen LogP contribution in [0.15, 0.2) is 39.9 Å². The van der Waals surface area contributed by atoms with Gasteiger partial charge in [-0.2, -0.15) is 4.31 Å². The molecule has 0 aliphatic carbocycles. The van der Waals surface area contributed by atoms with Crippen molar-refractivity contribution in [3.8, 4) is 0 Å². The number of piperidine rings is 1. The molecule has 134 valence electrons. The van der Waals surface area contributed by atoms with Crippen LogP contribution in [0.1, 0.15) is 24.0 Å². The van der Waals surface area contributed by atoms with Crippen molar-refractivity contribution < 1.29 is 13.2 Å². The van der Waals surface area contributed by atoms with E-state index in [0.717, 1.165) is 16.8 Å². The maximum Gasteiger partial charge on any atom is 0.252 e. The van der Waals surface area contributed by atoms with Crippen molar-refractivity contribution in [2.45, 2.75) is 30.9 Å². The maximum absolute atomic E-state index is 12.7. The number of amides is 1. The van der Waals surface area contributed by atoms with Crippen LogP contribution in [0.3, 0.4) is 0 Å². The number of hydrogen-bond donors (Lipinski definition) is 1. The second kappa shape index (κ2) is 7.27. The Morgan fingerprint density at radius 1 is 1.24 bits per heavy atom. The smallest absolute Gasteiger partial charge is 0.252 e. The molecule has 1 aromatic heterocycles. The van der Waals surface area contributed by atoms with E-state index in [4.69, 9.17) is 0 Å². The topological polar surface area (TPSA) is 66.5 Å². The van der Waals surface area contributed by atoms with Gasteiger partial charge in [0.05, 0.1) is 5.92 Å². The van der Waals surface area contributed by atoms with Crippen molar-refractivity contribution in [1.29, 1.82) is 0 Å². The first-order valence-electron chi connectivity index (χ1n) is 8.30. The van der Waals surface area contributed by atoms with Crippen LogP contribution in [-0.4, -0.2) is 31.7 Å². The van der Waals surface area contributed by atoms with Gasteiger partial charge in [0.1, 0.15) is 4.21 Å². The number of anilines is 1. The number of nitrogens with one attached hydrogen (secondary N) is 1. The highest BCUT2D eigenvalue weighted by molar-refractivity contribution is 7.91. The van der Waals surface area contributed by atoms with E-state index in [1.54, 1.807) is 17.5 Å². The van der Waals surface area contributed by atoms with Gasteiger partial charge in [-0.3, -0.25) is 4.79 Å². The fourth-order valence-electron chi connectivity index (χ4n) is 3.03. The largest absolute Gasteiger partial charge is 0.326 e. The minimum Gasteiger partial charge on any atom is -0.326 e. The predicted octanol–water partition coefficient (Wildman–Crippen LogP) is 3.40. The fraction of sp³-hybridized carbons (Fsp3) is 0.389. The van der Waals surface area contributed by atoms with Gasteiger partial charge < -0.3 is 5.32 Å². The highest BCUT2D eigenvalue weighted by atomic mass is 32.2. The first-order valence-corrected chi connectivity index (χ1v) is 10.6. The molecule has 0 spiro atoms. The lowest BCUT2D eigenvalue weighted by Gasteiger charge is -2.31. The number of sulfonamides is 1. The Hall–Kier alpha value is -1.70. The van der Waals surface area contributed by atoms with Gasteiger partial charge in [0.15, 0.2) is 0 Å². The third kappa shape index (κ3) is 3.78. The third-order valence-corrected chi connectivity index (χ3v) is 7.94. The van der Waals surface area contributed by atoms with Crippen LogP contribution in [-0.2, 0) is 14.8 Å². The first kappa shape index (κ1) is 18.1. The molecule has 1 N–H and O–H groups in total. The summed E-state index contributed by atoms with van der Waals surface area (Å²) < 4.78 is 27.1. The third-order valence-electron chi connectivity index (χ3n) is 4.71. The molecule has 1 aromatic carbocycles. The molecule has 0 radical (unpaired) electrons. The van der Waals surface area contributed by atoms with E-state index in [2.05, 4.69) is 5.32 Å². The Balaban J connectivity index is 1.73. The number of benzene rings is 1. The van der Waals surface area contributed by atoms with Crippen LogP contribution >= 0.6 is 11.3 Å². The minimum atomic E-state index is -3.50. The fourth-order valence-corrected chi connectivity index (χ4v) is 5.70. The van der Waals surface area contributed by atoms with Gasteiger partial charge in [0.25, 0.3) is 10.0 Å². The molecule has 1 amide bonds. The Labute approximate surface area is 152 Å². The number of rotatable bonds is 4. The second-order valence-corrected chi connectivity index (χ2v) is 9.48. The predicted molar refractivity (Wildman–Crippen MR) is 100 cm³/mol. The average molecular weight is 379 g/mol. The van der Waals surface area contributed by atoms with Crippen LogP contribution < -0.4 is 5.32 Å². The first-order chi connectivity index (χ1) is 11.9. The highest BCUT2D eigenvalue weighted by Gasteiger charge is 2.33. The van der Waals surface area contributed by atoms with E-state index >= 15 is 0 Å². The molecule has 1 aliphatic heterocycles. The summed E-state index contributed by atoms with van der Waals surface area (Å²) in [5.74, 6) is -0.442. The lowest BCUT2D eigenvalue weighted by Crippen LogP contribution is -2.43. The normalized spacial score (nSPS) is 18.9. The van der Waals surface area contributed by atoms with Crippen molar-refractivity contribution >= 4 is 33.0 Å². The molecule has 7 heteroatoms. The van der Waals surface area contributed by atoms with Gasteiger partial charge in [-0.25, -0.2) is 8.42 Å². The van der Waals surface area contributed by atoms with Crippen molar-refractivity contribution in [2.75, 3.05) is 18.4 Å². The summed E-state index contributed by atoms with van der Waals surface area (Å²) >= 11 is 1.21. The van der Waals surface area contributed by atoms with Gasteiger partial charge in [0, 0.05) is 18.8 Å². The highest BCUT2D eigenvalue weighted by Crippen LogP contribution is 2.27. The minimum absolute atomic E-state index is 0.111. The molecule has 5 nitrogen and oxygen atoms in total. The standard InChI is InChI=1S/C18H22N2O3S2/c1-13-6-3-8-16(14(13)2)19-18(21)15-7-4-10-20(12-15)25(22,23)17-9-5-11-24-17/h3,5-6,8-9,11,15H,4,7,10,12H2,1-2H3,(H,19,21)/t15-/m1/s1. The summed E-state index contributed by atoms with van der Waals surface area (Å²) in [6, 6.07) is 9.13.